The highest BCUT2D eigenvalue weighted by atomic mass is 16.5. The molecule has 208 valence electrons. The van der Waals surface area contributed by atoms with Gasteiger partial charge in [0.25, 0.3) is 5.91 Å². The van der Waals surface area contributed by atoms with E-state index in [2.05, 4.69) is 104 Å². The number of fused-ring (bicyclic) bond motifs is 3. The molecule has 0 unspecified atom stereocenters. The summed E-state index contributed by atoms with van der Waals surface area (Å²) in [5, 5.41) is 6.54. The van der Waals surface area contributed by atoms with Crippen molar-refractivity contribution in [3.8, 4) is 12.8 Å². The molecule has 0 radical (unpaired) electrons. The summed E-state index contributed by atoms with van der Waals surface area (Å²) in [7, 11) is 0. The van der Waals surface area contributed by atoms with E-state index in [1.165, 1.54) is 5.56 Å². The number of hydrogen-bond donors (Lipinski definition) is 2. The number of allylic oxidation sites excluding steroid dienone is 2. The van der Waals surface area contributed by atoms with Crippen molar-refractivity contribution in [2.45, 2.75) is 79.2 Å². The number of carbonyl (C=O) groups is 1. The van der Waals surface area contributed by atoms with E-state index in [9.17, 15) is 4.79 Å². The number of hydrogen-bond acceptors (Lipinski definition) is 4. The maximum atomic E-state index is 12.1. The summed E-state index contributed by atoms with van der Waals surface area (Å²) in [6.45, 7) is 16.8. The lowest BCUT2D eigenvalue weighted by Crippen LogP contribution is -2.52. The first-order chi connectivity index (χ1) is 19.0. The maximum absolute atomic E-state index is 12.1. The van der Waals surface area contributed by atoms with Gasteiger partial charge in [0.05, 0.1) is 5.69 Å². The Bertz CT molecular complexity index is 1210. The molecule has 5 nitrogen and oxygen atoms in total. The van der Waals surface area contributed by atoms with Crippen LogP contribution in [0.2, 0.25) is 0 Å². The molecule has 1 amide bonds. The average molecular weight is 528 g/mol. The Hall–Kier alpha value is -3.75. The molecule has 0 aliphatic carbocycles. The van der Waals surface area contributed by atoms with Gasteiger partial charge >= 0.3 is 0 Å². The third-order valence-corrected chi connectivity index (χ3v) is 7.02. The van der Waals surface area contributed by atoms with Gasteiger partial charge in [0.2, 0.25) is 0 Å². The highest BCUT2D eigenvalue weighted by molar-refractivity contribution is 6.04. The standard InChI is InChI=1S/C28H31N3O2.2C2H6.C2H2/c1-19(23-18-29-27(32)20(23)2)22-12-5-7-14-25(22)31-17-9-11-21-10-4-6-13-24(21)30-26-15-8-16-28(31,3)33-26;3*1-2/h4-7,9-10,12-14,17,26,30H,2,8,11,15-16,18H2,1,3H3,(H,29,32);2*1-2H3;1-2H/b17-9+,23-19+;;;/t26-,28+;;;/m1.../s1. The zero-order valence-corrected chi connectivity index (χ0v) is 24.5. The van der Waals surface area contributed by atoms with Gasteiger partial charge in [-0.2, -0.15) is 0 Å². The highest BCUT2D eigenvalue weighted by Crippen LogP contribution is 2.41. The van der Waals surface area contributed by atoms with Crippen LogP contribution in [-0.2, 0) is 16.0 Å². The fourth-order valence-electron chi connectivity index (χ4n) is 5.15. The summed E-state index contributed by atoms with van der Waals surface area (Å²) < 4.78 is 6.74. The lowest BCUT2D eigenvalue weighted by Gasteiger charge is -2.47. The van der Waals surface area contributed by atoms with E-state index < -0.39 is 5.72 Å². The van der Waals surface area contributed by atoms with Crippen LogP contribution in [0.1, 0.15) is 71.9 Å². The van der Waals surface area contributed by atoms with Crippen molar-refractivity contribution in [1.82, 2.24) is 5.32 Å². The molecule has 5 rings (SSSR count). The van der Waals surface area contributed by atoms with Crippen molar-refractivity contribution in [2.24, 2.45) is 0 Å². The molecule has 2 bridgehead atoms. The quantitative estimate of drug-likeness (QED) is 0.311. The molecule has 2 fully saturated rings. The molecule has 2 N–H and O–H groups in total. The molecule has 3 heterocycles. The van der Waals surface area contributed by atoms with Crippen LogP contribution in [0.25, 0.3) is 5.57 Å². The number of carbonyl (C=O) groups excluding carboxylic acids is 1. The van der Waals surface area contributed by atoms with E-state index in [4.69, 9.17) is 4.74 Å². The molecule has 0 spiro atoms. The first-order valence-electron chi connectivity index (χ1n) is 14.0. The first-order valence-corrected chi connectivity index (χ1v) is 14.0. The van der Waals surface area contributed by atoms with Crippen molar-refractivity contribution in [3.05, 3.63) is 89.7 Å². The highest BCUT2D eigenvalue weighted by Gasteiger charge is 2.39. The van der Waals surface area contributed by atoms with E-state index in [1.54, 1.807) is 0 Å². The van der Waals surface area contributed by atoms with Crippen LogP contribution in [0, 0.1) is 12.8 Å². The second-order valence-electron chi connectivity index (χ2n) is 9.22. The maximum Gasteiger partial charge on any atom is 0.251 e. The number of terminal acetylenes is 1. The summed E-state index contributed by atoms with van der Waals surface area (Å²) in [4.78, 5) is 14.3. The molecule has 2 saturated heterocycles. The zero-order chi connectivity index (χ0) is 29.0. The second kappa shape index (κ2) is 15.0. The van der Waals surface area contributed by atoms with Gasteiger partial charge in [-0.3, -0.25) is 4.79 Å². The molecule has 3 aliphatic heterocycles. The van der Waals surface area contributed by atoms with Gasteiger partial charge < -0.3 is 20.3 Å². The Morgan fingerprint density at radius 2 is 1.74 bits per heavy atom. The second-order valence-corrected chi connectivity index (χ2v) is 9.22. The number of para-hydroxylation sites is 2. The molecular formula is C34H45N3O2. The number of benzene rings is 2. The minimum atomic E-state index is -0.499. The molecule has 2 aromatic rings. The van der Waals surface area contributed by atoms with E-state index in [-0.39, 0.29) is 12.1 Å². The van der Waals surface area contributed by atoms with Gasteiger partial charge in [-0.25, -0.2) is 0 Å². The Morgan fingerprint density at radius 1 is 1.08 bits per heavy atom. The summed E-state index contributed by atoms with van der Waals surface area (Å²) in [6, 6.07) is 16.8. The minimum absolute atomic E-state index is 0.0538. The topological polar surface area (TPSA) is 53.6 Å². The Morgan fingerprint density at radius 3 is 2.44 bits per heavy atom. The fourth-order valence-corrected chi connectivity index (χ4v) is 5.15. The molecule has 2 aromatic carbocycles. The fraction of sp³-hybridized carbons (Fsp3) is 0.382. The van der Waals surface area contributed by atoms with Crippen molar-refractivity contribution in [2.75, 3.05) is 16.8 Å². The Kier molecular flexibility index (Phi) is 12.1. The summed E-state index contributed by atoms with van der Waals surface area (Å²) >= 11 is 0. The summed E-state index contributed by atoms with van der Waals surface area (Å²) in [6.07, 6.45) is 16.1. The van der Waals surface area contributed by atoms with E-state index in [0.29, 0.717) is 12.1 Å². The van der Waals surface area contributed by atoms with Gasteiger partial charge in [-0.1, -0.05) is 76.7 Å². The molecule has 2 atom stereocenters. The van der Waals surface area contributed by atoms with Crippen LogP contribution in [0.5, 0.6) is 0 Å². The average Bonchev–Trinajstić information content (AvgIpc) is 3.32. The van der Waals surface area contributed by atoms with E-state index in [1.807, 2.05) is 33.8 Å². The van der Waals surface area contributed by atoms with Crippen molar-refractivity contribution >= 4 is 22.9 Å². The van der Waals surface area contributed by atoms with Gasteiger partial charge in [-0.15, -0.1) is 12.8 Å². The number of anilines is 2. The lowest BCUT2D eigenvalue weighted by atomic mass is 9.94. The predicted molar refractivity (Wildman–Crippen MR) is 166 cm³/mol. The minimum Gasteiger partial charge on any atom is -0.360 e. The number of amides is 1. The SMILES string of the molecule is C#C.C=C1C(=O)NC/C1=C(/C)c1ccccc1N1/C=C/Cc2ccccc2N[C@H]2CCC[C@]1(C)O2.CC.CC. The van der Waals surface area contributed by atoms with Gasteiger partial charge in [0.15, 0.2) is 0 Å². The van der Waals surface area contributed by atoms with Crippen LogP contribution in [0.3, 0.4) is 0 Å². The lowest BCUT2D eigenvalue weighted by molar-refractivity contribution is -0.116. The molecule has 3 aliphatic rings. The predicted octanol–water partition coefficient (Wildman–Crippen LogP) is 7.68. The van der Waals surface area contributed by atoms with Crippen LogP contribution >= 0.6 is 0 Å². The van der Waals surface area contributed by atoms with Crippen LogP contribution in [0.4, 0.5) is 11.4 Å². The van der Waals surface area contributed by atoms with E-state index in [0.717, 1.165) is 53.8 Å². The van der Waals surface area contributed by atoms with E-state index >= 15 is 0 Å². The molecular weight excluding hydrogens is 482 g/mol. The zero-order valence-electron chi connectivity index (χ0n) is 24.5. The van der Waals surface area contributed by atoms with Crippen molar-refractivity contribution in [3.63, 3.8) is 0 Å². The molecule has 0 aromatic heterocycles. The number of ether oxygens (including phenoxy) is 1. The number of nitrogens with zero attached hydrogens (tertiary/aromatic N) is 1. The smallest absolute Gasteiger partial charge is 0.251 e. The summed E-state index contributed by atoms with van der Waals surface area (Å²) in [5.74, 6) is -0.0871. The monoisotopic (exact) mass is 527 g/mol. The third-order valence-electron chi connectivity index (χ3n) is 7.02. The van der Waals surface area contributed by atoms with Crippen molar-refractivity contribution < 1.29 is 9.53 Å². The first kappa shape index (κ1) is 31.5. The third kappa shape index (κ3) is 7.02. The van der Waals surface area contributed by atoms with Crippen LogP contribution < -0.4 is 15.5 Å². The molecule has 39 heavy (non-hydrogen) atoms. The number of rotatable bonds is 2. The van der Waals surface area contributed by atoms with Gasteiger partial charge in [0, 0.05) is 29.6 Å². The largest absolute Gasteiger partial charge is 0.360 e. The Balaban J connectivity index is 0.000000833. The van der Waals surface area contributed by atoms with Crippen LogP contribution in [-0.4, -0.2) is 24.4 Å². The number of nitrogens with one attached hydrogen (secondary N) is 2. The molecule has 5 heteroatoms. The van der Waals surface area contributed by atoms with Crippen molar-refractivity contribution in [1.29, 1.82) is 0 Å². The Labute approximate surface area is 236 Å². The molecule has 0 saturated carbocycles. The van der Waals surface area contributed by atoms with Gasteiger partial charge in [0.1, 0.15) is 12.0 Å². The summed E-state index contributed by atoms with van der Waals surface area (Å²) in [5.41, 5.74) is 6.66. The van der Waals surface area contributed by atoms with Crippen LogP contribution in [0.15, 0.2) is 78.5 Å². The normalized spacial score (nSPS) is 23.5. The van der Waals surface area contributed by atoms with Gasteiger partial charge in [-0.05, 0) is 68.4 Å².